The Hall–Kier alpha value is -3.60. The lowest BCUT2D eigenvalue weighted by molar-refractivity contribution is -0.136. The monoisotopic (exact) mass is 593 g/mol. The van der Waals surface area contributed by atoms with E-state index in [0.29, 0.717) is 21.5 Å². The number of nitrogens with zero attached hydrogens (tertiary/aromatic N) is 1. The van der Waals surface area contributed by atoms with Crippen molar-refractivity contribution in [2.24, 2.45) is 5.10 Å². The average molecular weight is 595 g/mol. The summed E-state index contributed by atoms with van der Waals surface area (Å²) in [6, 6.07) is 14.0. The zero-order chi connectivity index (χ0) is 26.2. The molecule has 186 valence electrons. The van der Waals surface area contributed by atoms with Crippen LogP contribution in [0.2, 0.25) is 10.0 Å². The minimum atomic E-state index is -1.05. The molecule has 3 aromatic carbocycles. The molecule has 0 spiro atoms. The van der Waals surface area contributed by atoms with Gasteiger partial charge in [0.25, 0.3) is 0 Å². The van der Waals surface area contributed by atoms with E-state index < -0.39 is 17.8 Å². The van der Waals surface area contributed by atoms with Crippen molar-refractivity contribution in [3.05, 3.63) is 80.2 Å². The SMILES string of the molecule is COc1ccc(C(=O)Oc2ccc(Br)cc2/C=N/NC(=O)C(=O)Nc2cccc(Cl)c2Cl)cc1OC. The molecule has 0 unspecified atom stereocenters. The number of hydrogen-bond acceptors (Lipinski definition) is 7. The third kappa shape index (κ3) is 6.75. The van der Waals surface area contributed by atoms with Gasteiger partial charge in [-0.1, -0.05) is 45.2 Å². The third-order valence-electron chi connectivity index (χ3n) is 4.57. The topological polar surface area (TPSA) is 115 Å². The van der Waals surface area contributed by atoms with Crippen molar-refractivity contribution in [3.8, 4) is 17.2 Å². The molecule has 0 aliphatic heterocycles. The predicted octanol–water partition coefficient (Wildman–Crippen LogP) is 5.08. The number of carbonyl (C=O) groups is 3. The second kappa shape index (κ2) is 12.4. The van der Waals surface area contributed by atoms with E-state index in [0.717, 1.165) is 0 Å². The first-order valence-corrected chi connectivity index (χ1v) is 11.6. The van der Waals surface area contributed by atoms with E-state index in [2.05, 4.69) is 31.8 Å². The van der Waals surface area contributed by atoms with Crippen LogP contribution in [0, 0.1) is 0 Å². The summed E-state index contributed by atoms with van der Waals surface area (Å²) in [7, 11) is 2.94. The molecule has 12 heteroatoms. The first-order chi connectivity index (χ1) is 17.2. The van der Waals surface area contributed by atoms with Crippen LogP contribution in [0.15, 0.2) is 64.2 Å². The molecule has 0 aliphatic rings. The number of methoxy groups -OCH3 is 2. The molecule has 2 N–H and O–H groups in total. The lowest BCUT2D eigenvalue weighted by atomic mass is 10.2. The first-order valence-electron chi connectivity index (χ1n) is 10.1. The van der Waals surface area contributed by atoms with E-state index in [4.69, 9.17) is 37.4 Å². The van der Waals surface area contributed by atoms with Crippen molar-refractivity contribution in [2.45, 2.75) is 0 Å². The third-order valence-corrected chi connectivity index (χ3v) is 5.88. The molecule has 0 fully saturated rings. The smallest absolute Gasteiger partial charge is 0.343 e. The fourth-order valence-corrected chi connectivity index (χ4v) is 3.55. The summed E-state index contributed by atoms with van der Waals surface area (Å²) >= 11 is 15.2. The highest BCUT2D eigenvalue weighted by Gasteiger charge is 2.17. The maximum atomic E-state index is 12.7. The van der Waals surface area contributed by atoms with E-state index in [9.17, 15) is 14.4 Å². The zero-order valence-corrected chi connectivity index (χ0v) is 21.9. The molecular formula is C24H18BrCl2N3O6. The maximum Gasteiger partial charge on any atom is 0.343 e. The van der Waals surface area contributed by atoms with Gasteiger partial charge >= 0.3 is 17.8 Å². The summed E-state index contributed by atoms with van der Waals surface area (Å²) in [6.45, 7) is 0. The summed E-state index contributed by atoms with van der Waals surface area (Å²) in [4.78, 5) is 37.0. The molecule has 0 aromatic heterocycles. The second-order valence-electron chi connectivity index (χ2n) is 6.90. The van der Waals surface area contributed by atoms with Crippen molar-refractivity contribution in [1.82, 2.24) is 5.43 Å². The number of halogens is 3. The number of hydrogen-bond donors (Lipinski definition) is 2. The normalized spacial score (nSPS) is 10.6. The van der Waals surface area contributed by atoms with Gasteiger partial charge in [-0.25, -0.2) is 10.2 Å². The van der Waals surface area contributed by atoms with Gasteiger partial charge in [-0.2, -0.15) is 5.10 Å². The van der Waals surface area contributed by atoms with E-state index in [1.807, 2.05) is 0 Å². The van der Waals surface area contributed by atoms with Crippen LogP contribution in [-0.2, 0) is 9.59 Å². The molecule has 0 saturated carbocycles. The molecule has 0 saturated heterocycles. The molecule has 9 nitrogen and oxygen atoms in total. The van der Waals surface area contributed by atoms with Gasteiger partial charge in [0.2, 0.25) is 0 Å². The molecule has 0 bridgehead atoms. The number of ether oxygens (including phenoxy) is 3. The number of esters is 1. The van der Waals surface area contributed by atoms with Gasteiger partial charge in [0, 0.05) is 10.0 Å². The van der Waals surface area contributed by atoms with Crippen molar-refractivity contribution in [1.29, 1.82) is 0 Å². The highest BCUT2D eigenvalue weighted by atomic mass is 79.9. The molecule has 0 radical (unpaired) electrons. The van der Waals surface area contributed by atoms with Gasteiger partial charge in [-0.05, 0) is 48.5 Å². The van der Waals surface area contributed by atoms with Crippen molar-refractivity contribution in [3.63, 3.8) is 0 Å². The van der Waals surface area contributed by atoms with Crippen LogP contribution in [0.5, 0.6) is 17.2 Å². The van der Waals surface area contributed by atoms with E-state index in [1.165, 1.54) is 44.7 Å². The Bertz CT molecular complexity index is 1350. The van der Waals surface area contributed by atoms with Crippen LogP contribution in [0.25, 0.3) is 0 Å². The fourth-order valence-electron chi connectivity index (χ4n) is 2.83. The Morgan fingerprint density at radius 1 is 0.917 bits per heavy atom. The van der Waals surface area contributed by atoms with Crippen molar-refractivity contribution >= 4 is 68.8 Å². The Morgan fingerprint density at radius 3 is 2.36 bits per heavy atom. The molecule has 36 heavy (non-hydrogen) atoms. The Balaban J connectivity index is 1.70. The van der Waals surface area contributed by atoms with Crippen LogP contribution in [0.1, 0.15) is 15.9 Å². The number of benzene rings is 3. The van der Waals surface area contributed by atoms with E-state index >= 15 is 0 Å². The number of amides is 2. The first kappa shape index (κ1) is 27.0. The summed E-state index contributed by atoms with van der Waals surface area (Å²) in [6.07, 6.45) is 1.22. The Labute approximate surface area is 224 Å². The standard InChI is InChI=1S/C24H18BrCl2N3O6/c1-34-19-8-6-13(11-20(19)35-2)24(33)36-18-9-7-15(25)10-14(18)12-28-30-23(32)22(31)29-17-5-3-4-16(26)21(17)27/h3-12H,1-2H3,(H,29,31)(H,30,32)/b28-12+. The molecule has 3 aromatic rings. The van der Waals surface area contributed by atoms with Gasteiger partial charge in [0.15, 0.2) is 11.5 Å². The average Bonchev–Trinajstić information content (AvgIpc) is 2.87. The Kier molecular flexibility index (Phi) is 9.29. The molecular weight excluding hydrogens is 577 g/mol. The highest BCUT2D eigenvalue weighted by Crippen LogP contribution is 2.30. The number of anilines is 1. The van der Waals surface area contributed by atoms with Gasteiger partial charge in [-0.3, -0.25) is 9.59 Å². The highest BCUT2D eigenvalue weighted by molar-refractivity contribution is 9.10. The van der Waals surface area contributed by atoms with Crippen LogP contribution in [0.3, 0.4) is 0 Å². The van der Waals surface area contributed by atoms with Gasteiger partial charge < -0.3 is 19.5 Å². The van der Waals surface area contributed by atoms with Crippen LogP contribution >= 0.6 is 39.1 Å². The minimum Gasteiger partial charge on any atom is -0.493 e. The van der Waals surface area contributed by atoms with Gasteiger partial charge in [-0.15, -0.1) is 0 Å². The molecule has 0 atom stereocenters. The van der Waals surface area contributed by atoms with Crippen LogP contribution in [-0.4, -0.2) is 38.2 Å². The molecule has 0 heterocycles. The van der Waals surface area contributed by atoms with Gasteiger partial charge in [0.05, 0.1) is 41.7 Å². The molecule has 3 rings (SSSR count). The van der Waals surface area contributed by atoms with E-state index in [-0.39, 0.29) is 27.0 Å². The lowest BCUT2D eigenvalue weighted by Gasteiger charge is -2.11. The number of nitrogens with one attached hydrogen (secondary N) is 2. The summed E-state index contributed by atoms with van der Waals surface area (Å²) in [5, 5.41) is 6.44. The summed E-state index contributed by atoms with van der Waals surface area (Å²) in [5.74, 6) is -1.74. The van der Waals surface area contributed by atoms with E-state index in [1.54, 1.807) is 30.3 Å². The van der Waals surface area contributed by atoms with Gasteiger partial charge in [0.1, 0.15) is 5.75 Å². The maximum absolute atomic E-state index is 12.7. The minimum absolute atomic E-state index is 0.0962. The number of rotatable bonds is 7. The fraction of sp³-hybridized carbons (Fsp3) is 0.0833. The van der Waals surface area contributed by atoms with Crippen LogP contribution in [0.4, 0.5) is 5.69 Å². The lowest BCUT2D eigenvalue weighted by Crippen LogP contribution is -2.32. The summed E-state index contributed by atoms with van der Waals surface area (Å²) in [5.41, 5.74) is 2.84. The Morgan fingerprint density at radius 2 is 1.64 bits per heavy atom. The molecule has 0 aliphatic carbocycles. The van der Waals surface area contributed by atoms with Crippen LogP contribution < -0.4 is 25.0 Å². The van der Waals surface area contributed by atoms with Crippen molar-refractivity contribution in [2.75, 3.05) is 19.5 Å². The predicted molar refractivity (Wildman–Crippen MR) is 139 cm³/mol. The largest absolute Gasteiger partial charge is 0.493 e. The number of hydrazone groups is 1. The zero-order valence-electron chi connectivity index (χ0n) is 18.8. The quantitative estimate of drug-likeness (QED) is 0.130. The second-order valence-corrected chi connectivity index (χ2v) is 8.60. The van der Waals surface area contributed by atoms with Crippen molar-refractivity contribution < 1.29 is 28.6 Å². The molecule has 2 amide bonds. The number of carbonyl (C=O) groups excluding carboxylic acids is 3. The summed E-state index contributed by atoms with van der Waals surface area (Å²) < 4.78 is 16.5.